The van der Waals surface area contributed by atoms with E-state index < -0.39 is 0 Å². The molecule has 0 aliphatic heterocycles. The molecule has 0 bridgehead atoms. The number of nitrogens with one attached hydrogen (secondary N) is 2. The molecule has 3 rings (SSSR count). The van der Waals surface area contributed by atoms with Gasteiger partial charge in [-0.3, -0.25) is 9.59 Å². The van der Waals surface area contributed by atoms with E-state index in [0.29, 0.717) is 22.5 Å². The van der Waals surface area contributed by atoms with Gasteiger partial charge >= 0.3 is 0 Å². The number of carbonyl (C=O) groups is 2. The highest BCUT2D eigenvalue weighted by Gasteiger charge is 2.13. The Labute approximate surface area is 180 Å². The van der Waals surface area contributed by atoms with Crippen molar-refractivity contribution < 1.29 is 9.59 Å². The zero-order chi connectivity index (χ0) is 20.3. The summed E-state index contributed by atoms with van der Waals surface area (Å²) >= 11 is 6.90. The summed E-state index contributed by atoms with van der Waals surface area (Å²) in [7, 11) is 0. The van der Waals surface area contributed by atoms with Crippen molar-refractivity contribution in [1.82, 2.24) is 0 Å². The Kier molecular flexibility index (Phi) is 6.31. The Morgan fingerprint density at radius 1 is 0.679 bits per heavy atom. The van der Waals surface area contributed by atoms with E-state index in [4.69, 9.17) is 0 Å². The highest BCUT2D eigenvalue weighted by Crippen LogP contribution is 2.25. The van der Waals surface area contributed by atoms with Crippen molar-refractivity contribution in [2.24, 2.45) is 0 Å². The van der Waals surface area contributed by atoms with Crippen molar-refractivity contribution in [3.8, 4) is 0 Å². The molecule has 0 fully saturated rings. The Bertz CT molecular complexity index is 983. The number of amides is 2. The topological polar surface area (TPSA) is 58.2 Å². The van der Waals surface area contributed by atoms with Crippen LogP contribution in [0.3, 0.4) is 0 Å². The van der Waals surface area contributed by atoms with Gasteiger partial charge in [0.15, 0.2) is 0 Å². The van der Waals surface area contributed by atoms with Crippen LogP contribution in [0.1, 0.15) is 31.8 Å². The SMILES string of the molecule is Cc1ccc(NC(=O)c2cccc(C(=O)Nc3ccc(C)cc3Br)c2)c(Br)c1. The number of aryl methyl sites for hydroxylation is 2. The van der Waals surface area contributed by atoms with Gasteiger partial charge in [0.25, 0.3) is 11.8 Å². The zero-order valence-corrected chi connectivity index (χ0v) is 18.5. The van der Waals surface area contributed by atoms with Crippen LogP contribution in [0.4, 0.5) is 11.4 Å². The molecular formula is C22H18Br2N2O2. The number of halogens is 2. The molecule has 0 saturated heterocycles. The quantitative estimate of drug-likeness (QED) is 0.438. The third-order valence-electron chi connectivity index (χ3n) is 4.13. The van der Waals surface area contributed by atoms with Crippen LogP contribution in [0.25, 0.3) is 0 Å². The number of hydrogen-bond acceptors (Lipinski definition) is 2. The second-order valence-electron chi connectivity index (χ2n) is 6.46. The lowest BCUT2D eigenvalue weighted by Gasteiger charge is -2.10. The van der Waals surface area contributed by atoms with Crippen molar-refractivity contribution in [1.29, 1.82) is 0 Å². The predicted octanol–water partition coefficient (Wildman–Crippen LogP) is 6.33. The van der Waals surface area contributed by atoms with E-state index in [9.17, 15) is 9.59 Å². The van der Waals surface area contributed by atoms with Crippen LogP contribution in [0.2, 0.25) is 0 Å². The molecule has 2 N–H and O–H groups in total. The first-order valence-corrected chi connectivity index (χ1v) is 10.2. The molecule has 0 radical (unpaired) electrons. The Hall–Kier alpha value is -2.44. The molecule has 0 spiro atoms. The van der Waals surface area contributed by atoms with Crippen LogP contribution in [0.5, 0.6) is 0 Å². The highest BCUT2D eigenvalue weighted by atomic mass is 79.9. The lowest BCUT2D eigenvalue weighted by Crippen LogP contribution is -2.16. The Morgan fingerprint density at radius 2 is 1.11 bits per heavy atom. The lowest BCUT2D eigenvalue weighted by molar-refractivity contribution is 0.102. The molecule has 0 heterocycles. The Balaban J connectivity index is 1.77. The van der Waals surface area contributed by atoms with Gasteiger partial charge in [0.05, 0.1) is 11.4 Å². The first kappa shape index (κ1) is 20.3. The van der Waals surface area contributed by atoms with Gasteiger partial charge in [-0.25, -0.2) is 0 Å². The summed E-state index contributed by atoms with van der Waals surface area (Å²) in [6.07, 6.45) is 0. The largest absolute Gasteiger partial charge is 0.321 e. The molecule has 3 aromatic carbocycles. The monoisotopic (exact) mass is 500 g/mol. The van der Waals surface area contributed by atoms with Crippen LogP contribution in [-0.4, -0.2) is 11.8 Å². The molecular weight excluding hydrogens is 484 g/mol. The molecule has 142 valence electrons. The van der Waals surface area contributed by atoms with Crippen molar-refractivity contribution in [3.63, 3.8) is 0 Å². The van der Waals surface area contributed by atoms with E-state index in [1.54, 1.807) is 24.3 Å². The maximum absolute atomic E-state index is 12.6. The summed E-state index contributed by atoms with van der Waals surface area (Å²) in [5.74, 6) is -0.563. The fourth-order valence-electron chi connectivity index (χ4n) is 2.63. The maximum Gasteiger partial charge on any atom is 0.255 e. The fourth-order valence-corrected chi connectivity index (χ4v) is 3.82. The minimum Gasteiger partial charge on any atom is -0.321 e. The average Bonchev–Trinajstić information content (AvgIpc) is 2.66. The van der Waals surface area contributed by atoms with Crippen molar-refractivity contribution in [2.45, 2.75) is 13.8 Å². The number of benzene rings is 3. The van der Waals surface area contributed by atoms with E-state index in [2.05, 4.69) is 42.5 Å². The van der Waals surface area contributed by atoms with Crippen LogP contribution >= 0.6 is 31.9 Å². The molecule has 2 amide bonds. The summed E-state index contributed by atoms with van der Waals surface area (Å²) in [6, 6.07) is 18.0. The second kappa shape index (κ2) is 8.71. The summed E-state index contributed by atoms with van der Waals surface area (Å²) < 4.78 is 1.61. The maximum atomic E-state index is 12.6. The molecule has 0 unspecified atom stereocenters. The number of hydrogen-bond donors (Lipinski definition) is 2. The number of carbonyl (C=O) groups excluding carboxylic acids is 2. The van der Waals surface area contributed by atoms with Crippen molar-refractivity contribution >= 4 is 55.0 Å². The molecule has 28 heavy (non-hydrogen) atoms. The first-order chi connectivity index (χ1) is 13.3. The third-order valence-corrected chi connectivity index (χ3v) is 5.44. The highest BCUT2D eigenvalue weighted by molar-refractivity contribution is 9.11. The van der Waals surface area contributed by atoms with Crippen LogP contribution in [0, 0.1) is 13.8 Å². The summed E-state index contributed by atoms with van der Waals surface area (Å²) in [6.45, 7) is 3.95. The average molecular weight is 502 g/mol. The molecule has 4 nitrogen and oxygen atoms in total. The summed E-state index contributed by atoms with van der Waals surface area (Å²) in [5, 5.41) is 5.72. The summed E-state index contributed by atoms with van der Waals surface area (Å²) in [4.78, 5) is 25.2. The van der Waals surface area contributed by atoms with Gasteiger partial charge in [0, 0.05) is 20.1 Å². The molecule has 0 saturated carbocycles. The molecule has 6 heteroatoms. The number of rotatable bonds is 4. The molecule has 0 atom stereocenters. The van der Waals surface area contributed by atoms with E-state index in [1.807, 2.05) is 50.2 Å². The van der Waals surface area contributed by atoms with E-state index in [-0.39, 0.29) is 11.8 Å². The van der Waals surface area contributed by atoms with Gasteiger partial charge in [0.1, 0.15) is 0 Å². The Morgan fingerprint density at radius 3 is 1.50 bits per heavy atom. The normalized spacial score (nSPS) is 10.4. The third kappa shape index (κ3) is 4.88. The second-order valence-corrected chi connectivity index (χ2v) is 8.16. The predicted molar refractivity (Wildman–Crippen MR) is 120 cm³/mol. The minimum absolute atomic E-state index is 0.282. The molecule has 0 aliphatic rings. The molecule has 0 aliphatic carbocycles. The molecule has 3 aromatic rings. The van der Waals surface area contributed by atoms with Gasteiger partial charge in [-0.1, -0.05) is 18.2 Å². The summed E-state index contributed by atoms with van der Waals surface area (Å²) in [5.41, 5.74) is 4.34. The minimum atomic E-state index is -0.282. The fraction of sp³-hybridized carbons (Fsp3) is 0.0909. The lowest BCUT2D eigenvalue weighted by atomic mass is 10.1. The smallest absolute Gasteiger partial charge is 0.255 e. The van der Waals surface area contributed by atoms with Crippen LogP contribution < -0.4 is 10.6 Å². The first-order valence-electron chi connectivity index (χ1n) is 8.58. The van der Waals surface area contributed by atoms with Crippen LogP contribution in [0.15, 0.2) is 69.6 Å². The van der Waals surface area contributed by atoms with Gasteiger partial charge in [-0.15, -0.1) is 0 Å². The van der Waals surface area contributed by atoms with Gasteiger partial charge < -0.3 is 10.6 Å². The van der Waals surface area contributed by atoms with Gasteiger partial charge in [-0.05, 0) is 99.3 Å². The van der Waals surface area contributed by atoms with Crippen LogP contribution in [-0.2, 0) is 0 Å². The van der Waals surface area contributed by atoms with Crippen molar-refractivity contribution in [3.05, 3.63) is 91.9 Å². The van der Waals surface area contributed by atoms with Gasteiger partial charge in [0.2, 0.25) is 0 Å². The number of anilines is 2. The van der Waals surface area contributed by atoms with E-state index >= 15 is 0 Å². The zero-order valence-electron chi connectivity index (χ0n) is 15.3. The van der Waals surface area contributed by atoms with E-state index in [0.717, 1.165) is 20.1 Å². The van der Waals surface area contributed by atoms with Gasteiger partial charge in [-0.2, -0.15) is 0 Å². The molecule has 0 aromatic heterocycles. The van der Waals surface area contributed by atoms with Crippen molar-refractivity contribution in [2.75, 3.05) is 10.6 Å². The van der Waals surface area contributed by atoms with E-state index in [1.165, 1.54) is 0 Å². The standard InChI is InChI=1S/C22H18Br2N2O2/c1-13-6-8-19(17(23)10-13)25-21(27)15-4-3-5-16(12-15)22(28)26-20-9-7-14(2)11-18(20)24/h3-12H,1-2H3,(H,25,27)(H,26,28).